The van der Waals surface area contributed by atoms with Crippen LogP contribution >= 0.6 is 0 Å². The number of nitrogens with one attached hydrogen (secondary N) is 1. The van der Waals surface area contributed by atoms with Gasteiger partial charge in [0, 0.05) is 18.5 Å². The Bertz CT molecular complexity index is 1330. The number of hydrogen-bond donors (Lipinski definition) is 2. The molecule has 3 aromatic carbocycles. The third-order valence-corrected chi connectivity index (χ3v) is 6.31. The summed E-state index contributed by atoms with van der Waals surface area (Å²) in [4.78, 5) is 26.2. The fraction of sp³-hybridized carbons (Fsp3) is 0.296. The van der Waals surface area contributed by atoms with Crippen LogP contribution in [0.2, 0.25) is 0 Å². The van der Waals surface area contributed by atoms with Gasteiger partial charge in [0.2, 0.25) is 11.7 Å². The number of benzene rings is 3. The van der Waals surface area contributed by atoms with Crippen molar-refractivity contribution in [1.82, 2.24) is 25.5 Å². The number of carboxylic acid groups (broad SMARTS) is 1. The third kappa shape index (κ3) is 5.21. The maximum absolute atomic E-state index is 12.9. The van der Waals surface area contributed by atoms with Gasteiger partial charge >= 0.3 is 5.97 Å². The number of aromatic nitrogens is 4. The number of H-pyrrole nitrogens is 1. The minimum absolute atomic E-state index is 0.140. The molecule has 0 saturated carbocycles. The zero-order chi connectivity index (χ0) is 25.0. The molecule has 1 aromatic heterocycles. The lowest BCUT2D eigenvalue weighted by molar-refractivity contribution is -0.157. The van der Waals surface area contributed by atoms with Crippen molar-refractivity contribution in [3.05, 3.63) is 66.2 Å². The van der Waals surface area contributed by atoms with Gasteiger partial charge in [0.1, 0.15) is 5.54 Å². The van der Waals surface area contributed by atoms with E-state index in [-0.39, 0.29) is 12.5 Å². The zero-order valence-electron chi connectivity index (χ0n) is 20.2. The van der Waals surface area contributed by atoms with Gasteiger partial charge in [-0.3, -0.25) is 4.79 Å². The van der Waals surface area contributed by atoms with Gasteiger partial charge in [-0.2, -0.15) is 5.21 Å². The van der Waals surface area contributed by atoms with Crippen LogP contribution in [0.3, 0.4) is 0 Å². The number of aromatic amines is 1. The number of nitrogens with zero attached hydrogens (tertiary/aromatic N) is 4. The summed E-state index contributed by atoms with van der Waals surface area (Å²) in [5, 5.41) is 25.9. The summed E-state index contributed by atoms with van der Waals surface area (Å²) < 4.78 is 0. The largest absolute Gasteiger partial charge is 0.480 e. The number of tetrazole rings is 1. The molecule has 35 heavy (non-hydrogen) atoms. The Hall–Kier alpha value is -4.07. The molecule has 4 rings (SSSR count). The van der Waals surface area contributed by atoms with E-state index in [1.165, 1.54) is 4.90 Å². The molecule has 0 unspecified atom stereocenters. The van der Waals surface area contributed by atoms with Crippen molar-refractivity contribution in [3.8, 4) is 22.5 Å². The number of amides is 1. The second-order valence-corrected chi connectivity index (χ2v) is 9.16. The van der Waals surface area contributed by atoms with Crippen molar-refractivity contribution in [3.63, 3.8) is 0 Å². The van der Waals surface area contributed by atoms with Crippen LogP contribution in [0.1, 0.15) is 45.6 Å². The molecule has 0 saturated heterocycles. The van der Waals surface area contributed by atoms with Crippen LogP contribution in [0, 0.1) is 0 Å². The van der Waals surface area contributed by atoms with Gasteiger partial charge in [-0.05, 0) is 65.1 Å². The first-order valence-corrected chi connectivity index (χ1v) is 11.7. The average molecular weight is 472 g/mol. The standard InChI is InChI=1S/C27H29N5O3/c1-4-5-6-24(33)32(27(2,3)26(34)35)17-18-7-8-23-16-22(14-13-21(23)15-18)19-9-11-20(12-10-19)25-28-30-31-29-25/h7-16H,4-6,17H2,1-3H3,(H,34,35)(H,28,29,30,31). The van der Waals surface area contributed by atoms with Crippen molar-refractivity contribution < 1.29 is 14.7 Å². The number of rotatable bonds is 9. The monoisotopic (exact) mass is 471 g/mol. The number of fused-ring (bicyclic) bond motifs is 1. The molecular formula is C27H29N5O3. The van der Waals surface area contributed by atoms with Gasteiger partial charge < -0.3 is 10.0 Å². The molecular weight excluding hydrogens is 442 g/mol. The fourth-order valence-electron chi connectivity index (χ4n) is 4.03. The molecule has 0 atom stereocenters. The molecule has 8 heteroatoms. The second-order valence-electron chi connectivity index (χ2n) is 9.16. The third-order valence-electron chi connectivity index (χ3n) is 6.31. The Balaban J connectivity index is 1.58. The van der Waals surface area contributed by atoms with Gasteiger partial charge in [-0.1, -0.05) is 61.9 Å². The van der Waals surface area contributed by atoms with Crippen LogP contribution in [0.15, 0.2) is 60.7 Å². The zero-order valence-corrected chi connectivity index (χ0v) is 20.2. The van der Waals surface area contributed by atoms with E-state index in [9.17, 15) is 14.7 Å². The van der Waals surface area contributed by atoms with Crippen LogP contribution in [-0.4, -0.2) is 48.0 Å². The number of aliphatic carboxylic acids is 1. The molecule has 0 fully saturated rings. The number of carbonyl (C=O) groups is 2. The topological polar surface area (TPSA) is 112 Å². The maximum Gasteiger partial charge on any atom is 0.329 e. The summed E-state index contributed by atoms with van der Waals surface area (Å²) >= 11 is 0. The first-order chi connectivity index (χ1) is 16.8. The number of carboxylic acids is 1. The van der Waals surface area contributed by atoms with Gasteiger partial charge in [0.25, 0.3) is 0 Å². The van der Waals surface area contributed by atoms with Crippen molar-refractivity contribution >= 4 is 22.6 Å². The maximum atomic E-state index is 12.9. The van der Waals surface area contributed by atoms with Crippen LogP contribution in [0.5, 0.6) is 0 Å². The highest BCUT2D eigenvalue weighted by Crippen LogP contribution is 2.28. The number of unbranched alkanes of at least 4 members (excludes halogenated alkanes) is 1. The van der Waals surface area contributed by atoms with E-state index in [0.717, 1.165) is 45.9 Å². The van der Waals surface area contributed by atoms with E-state index in [0.29, 0.717) is 12.2 Å². The summed E-state index contributed by atoms with van der Waals surface area (Å²) in [6.07, 6.45) is 1.96. The lowest BCUT2D eigenvalue weighted by Gasteiger charge is -2.35. The molecule has 4 aromatic rings. The molecule has 2 N–H and O–H groups in total. The predicted octanol–water partition coefficient (Wildman–Crippen LogP) is 5.07. The molecule has 0 bridgehead atoms. The molecule has 0 aliphatic heterocycles. The number of hydrogen-bond acceptors (Lipinski definition) is 5. The first kappa shape index (κ1) is 24.1. The van der Waals surface area contributed by atoms with Gasteiger partial charge in [-0.25, -0.2) is 4.79 Å². The molecule has 0 radical (unpaired) electrons. The van der Waals surface area contributed by atoms with E-state index >= 15 is 0 Å². The summed E-state index contributed by atoms with van der Waals surface area (Å²) in [6, 6.07) is 20.2. The van der Waals surface area contributed by atoms with Gasteiger partial charge in [-0.15, -0.1) is 10.2 Å². The number of carbonyl (C=O) groups excluding carboxylic acids is 1. The highest BCUT2D eigenvalue weighted by atomic mass is 16.4. The Morgan fingerprint density at radius 3 is 2.26 bits per heavy atom. The summed E-state index contributed by atoms with van der Waals surface area (Å²) in [5.41, 5.74) is 2.63. The Kier molecular flexibility index (Phi) is 6.91. The van der Waals surface area contributed by atoms with E-state index in [1.807, 2.05) is 55.5 Å². The van der Waals surface area contributed by atoms with E-state index < -0.39 is 11.5 Å². The minimum Gasteiger partial charge on any atom is -0.480 e. The molecule has 180 valence electrons. The van der Waals surface area contributed by atoms with Gasteiger partial charge in [0.15, 0.2) is 0 Å². The van der Waals surface area contributed by atoms with E-state index in [1.54, 1.807) is 13.8 Å². The van der Waals surface area contributed by atoms with Crippen LogP contribution < -0.4 is 0 Å². The summed E-state index contributed by atoms with van der Waals surface area (Å²) in [7, 11) is 0. The normalized spacial score (nSPS) is 11.5. The molecule has 0 aliphatic rings. The lowest BCUT2D eigenvalue weighted by atomic mass is 9.97. The lowest BCUT2D eigenvalue weighted by Crippen LogP contribution is -2.52. The Labute approximate surface area is 204 Å². The van der Waals surface area contributed by atoms with Crippen LogP contribution in [0.4, 0.5) is 0 Å². The van der Waals surface area contributed by atoms with Crippen molar-refractivity contribution in [2.75, 3.05) is 0 Å². The smallest absolute Gasteiger partial charge is 0.329 e. The quantitative estimate of drug-likeness (QED) is 0.352. The van der Waals surface area contributed by atoms with E-state index in [2.05, 4.69) is 32.8 Å². The highest BCUT2D eigenvalue weighted by molar-refractivity contribution is 5.89. The average Bonchev–Trinajstić information content (AvgIpc) is 3.40. The predicted molar refractivity (Wildman–Crippen MR) is 134 cm³/mol. The molecule has 8 nitrogen and oxygen atoms in total. The summed E-state index contributed by atoms with van der Waals surface area (Å²) in [5.74, 6) is -0.604. The Morgan fingerprint density at radius 2 is 1.60 bits per heavy atom. The molecule has 1 amide bonds. The molecule has 0 aliphatic carbocycles. The summed E-state index contributed by atoms with van der Waals surface area (Å²) in [6.45, 7) is 5.42. The molecule has 0 spiro atoms. The SMILES string of the molecule is CCCCC(=O)N(Cc1ccc2cc(-c3ccc(-c4nn[nH]n4)cc3)ccc2c1)C(C)(C)C(=O)O. The van der Waals surface area contributed by atoms with E-state index in [4.69, 9.17) is 0 Å². The molecule has 1 heterocycles. The van der Waals surface area contributed by atoms with Crippen molar-refractivity contribution in [2.45, 2.75) is 52.1 Å². The van der Waals surface area contributed by atoms with Crippen LogP contribution in [0.25, 0.3) is 33.3 Å². The highest BCUT2D eigenvalue weighted by Gasteiger charge is 2.37. The van der Waals surface area contributed by atoms with Crippen LogP contribution in [-0.2, 0) is 16.1 Å². The Morgan fingerprint density at radius 1 is 0.943 bits per heavy atom. The van der Waals surface area contributed by atoms with Gasteiger partial charge in [0.05, 0.1) is 0 Å². The minimum atomic E-state index is -1.29. The van der Waals surface area contributed by atoms with Crippen molar-refractivity contribution in [1.29, 1.82) is 0 Å². The van der Waals surface area contributed by atoms with Crippen molar-refractivity contribution in [2.24, 2.45) is 0 Å². The first-order valence-electron chi connectivity index (χ1n) is 11.7. The fourth-order valence-corrected chi connectivity index (χ4v) is 4.03. The second kappa shape index (κ2) is 10.0.